The van der Waals surface area contributed by atoms with Gasteiger partial charge in [-0.15, -0.1) is 0 Å². The number of benzene rings is 1. The number of carbonyl (C=O) groups is 1. The summed E-state index contributed by atoms with van der Waals surface area (Å²) in [6.07, 6.45) is 0.835. The maximum Gasteiger partial charge on any atom is 0.150 e. The zero-order chi connectivity index (χ0) is 9.68. The molecule has 0 aromatic heterocycles. The van der Waals surface area contributed by atoms with E-state index in [9.17, 15) is 4.79 Å². The molecule has 0 unspecified atom stereocenters. The Bertz CT molecular complexity index is 297. The second-order valence-corrected chi connectivity index (χ2v) is 3.47. The van der Waals surface area contributed by atoms with Crippen LogP contribution < -0.4 is 4.74 Å². The lowest BCUT2D eigenvalue weighted by Crippen LogP contribution is -1.99. The Morgan fingerprint density at radius 3 is 2.85 bits per heavy atom. The van der Waals surface area contributed by atoms with Crippen LogP contribution in [0.4, 0.5) is 0 Å². The number of aldehydes is 1. The van der Waals surface area contributed by atoms with Gasteiger partial charge in [0.15, 0.2) is 0 Å². The molecule has 3 heteroatoms. The highest BCUT2D eigenvalue weighted by Gasteiger charge is 1.99. The van der Waals surface area contributed by atoms with Gasteiger partial charge in [-0.05, 0) is 30.7 Å². The Balaban J connectivity index is 2.79. The van der Waals surface area contributed by atoms with Gasteiger partial charge in [0.2, 0.25) is 0 Å². The van der Waals surface area contributed by atoms with Crippen molar-refractivity contribution in [2.24, 2.45) is 0 Å². The lowest BCUT2D eigenvalue weighted by Gasteiger charge is -2.07. The van der Waals surface area contributed by atoms with Crippen molar-refractivity contribution in [1.82, 2.24) is 0 Å². The minimum Gasteiger partial charge on any atom is -0.492 e. The predicted octanol–water partition coefficient (Wildman–Crippen LogP) is 2.58. The molecule has 1 aromatic rings. The summed E-state index contributed by atoms with van der Waals surface area (Å²) in [5, 5.41) is 0.807. The molecule has 0 bridgehead atoms. The molecular formula is C10H11BrO2. The minimum atomic E-state index is 0.640. The summed E-state index contributed by atoms with van der Waals surface area (Å²) in [7, 11) is 0. The largest absolute Gasteiger partial charge is 0.492 e. The molecule has 0 radical (unpaired) electrons. The summed E-state index contributed by atoms with van der Waals surface area (Å²) in [6.45, 7) is 2.57. The molecule has 2 nitrogen and oxygen atoms in total. The van der Waals surface area contributed by atoms with Crippen molar-refractivity contribution in [2.45, 2.75) is 6.92 Å². The van der Waals surface area contributed by atoms with E-state index in [1.54, 1.807) is 6.07 Å². The predicted molar refractivity (Wildman–Crippen MR) is 55.9 cm³/mol. The number of halogens is 1. The van der Waals surface area contributed by atoms with Crippen LogP contribution in [0.25, 0.3) is 0 Å². The summed E-state index contributed by atoms with van der Waals surface area (Å²) >= 11 is 3.28. The number of alkyl halides is 1. The van der Waals surface area contributed by atoms with Crippen molar-refractivity contribution in [3.8, 4) is 5.75 Å². The topological polar surface area (TPSA) is 26.3 Å². The summed E-state index contributed by atoms with van der Waals surface area (Å²) < 4.78 is 5.42. The van der Waals surface area contributed by atoms with Gasteiger partial charge in [0.05, 0.1) is 6.61 Å². The zero-order valence-electron chi connectivity index (χ0n) is 7.42. The Morgan fingerprint density at radius 2 is 2.31 bits per heavy atom. The molecule has 0 aliphatic carbocycles. The van der Waals surface area contributed by atoms with E-state index in [0.717, 1.165) is 22.9 Å². The third-order valence-electron chi connectivity index (χ3n) is 1.67. The van der Waals surface area contributed by atoms with Gasteiger partial charge in [-0.1, -0.05) is 15.9 Å². The molecule has 0 atom stereocenters. The molecular weight excluding hydrogens is 232 g/mol. The molecule has 1 aromatic carbocycles. The first-order chi connectivity index (χ1) is 6.27. The fourth-order valence-electron chi connectivity index (χ4n) is 1.06. The summed E-state index contributed by atoms with van der Waals surface area (Å²) in [6, 6.07) is 5.39. The van der Waals surface area contributed by atoms with Gasteiger partial charge in [-0.25, -0.2) is 0 Å². The average Bonchev–Trinajstić information content (AvgIpc) is 2.16. The summed E-state index contributed by atoms with van der Waals surface area (Å²) in [4.78, 5) is 10.4. The third-order valence-corrected chi connectivity index (χ3v) is 1.99. The van der Waals surface area contributed by atoms with E-state index < -0.39 is 0 Å². The summed E-state index contributed by atoms with van der Waals surface area (Å²) in [5.74, 6) is 0.838. The Kier molecular flexibility index (Phi) is 3.96. The molecule has 0 saturated heterocycles. The molecule has 0 amide bonds. The lowest BCUT2D eigenvalue weighted by atomic mass is 10.1. The van der Waals surface area contributed by atoms with E-state index in [0.29, 0.717) is 12.2 Å². The van der Waals surface area contributed by atoms with Gasteiger partial charge in [0.1, 0.15) is 12.0 Å². The first-order valence-corrected chi connectivity index (χ1v) is 5.14. The lowest BCUT2D eigenvalue weighted by molar-refractivity contribution is 0.112. The van der Waals surface area contributed by atoms with Crippen LogP contribution in [0.5, 0.6) is 5.75 Å². The van der Waals surface area contributed by atoms with Gasteiger partial charge in [0.25, 0.3) is 0 Å². The monoisotopic (exact) mass is 242 g/mol. The highest BCUT2D eigenvalue weighted by Crippen LogP contribution is 2.18. The maximum atomic E-state index is 10.4. The number of ether oxygens (including phenoxy) is 1. The van der Waals surface area contributed by atoms with E-state index in [4.69, 9.17) is 4.74 Å². The van der Waals surface area contributed by atoms with E-state index in [1.165, 1.54) is 0 Å². The molecule has 1 rings (SSSR count). The van der Waals surface area contributed by atoms with Gasteiger partial charge in [-0.3, -0.25) is 4.79 Å². The van der Waals surface area contributed by atoms with Crippen molar-refractivity contribution in [2.75, 3.05) is 11.9 Å². The summed E-state index contributed by atoms with van der Waals surface area (Å²) in [5.41, 5.74) is 1.68. The van der Waals surface area contributed by atoms with Crippen LogP contribution in [0, 0.1) is 6.92 Å². The van der Waals surface area contributed by atoms with Crippen LogP contribution in [-0.4, -0.2) is 18.2 Å². The number of hydrogen-bond acceptors (Lipinski definition) is 2. The molecule has 0 spiro atoms. The standard InChI is InChI=1S/C10H11BrO2/c1-8-6-9(7-12)2-3-10(8)13-5-4-11/h2-3,6-7H,4-5H2,1H3. The molecule has 0 N–H and O–H groups in total. The molecule has 0 aliphatic heterocycles. The Morgan fingerprint density at radius 1 is 1.54 bits per heavy atom. The second-order valence-electron chi connectivity index (χ2n) is 2.68. The van der Waals surface area contributed by atoms with Crippen LogP contribution in [0.3, 0.4) is 0 Å². The number of aryl methyl sites for hydroxylation is 1. The molecule has 0 saturated carbocycles. The quantitative estimate of drug-likeness (QED) is 0.600. The normalized spacial score (nSPS) is 9.69. The first kappa shape index (κ1) is 10.3. The SMILES string of the molecule is Cc1cc(C=O)ccc1OCCBr. The molecule has 0 fully saturated rings. The van der Waals surface area contributed by atoms with Gasteiger partial charge in [0, 0.05) is 10.9 Å². The van der Waals surface area contributed by atoms with Gasteiger partial charge in [-0.2, -0.15) is 0 Å². The van der Waals surface area contributed by atoms with Crippen LogP contribution in [0.2, 0.25) is 0 Å². The highest BCUT2D eigenvalue weighted by atomic mass is 79.9. The molecule has 0 heterocycles. The third kappa shape index (κ3) is 2.84. The van der Waals surface area contributed by atoms with E-state index in [-0.39, 0.29) is 0 Å². The van der Waals surface area contributed by atoms with Crippen molar-refractivity contribution in [3.05, 3.63) is 29.3 Å². The molecule has 70 valence electrons. The Labute approximate surface area is 86.0 Å². The van der Waals surface area contributed by atoms with Crippen molar-refractivity contribution >= 4 is 22.2 Å². The van der Waals surface area contributed by atoms with Crippen LogP contribution in [-0.2, 0) is 0 Å². The fourth-order valence-corrected chi connectivity index (χ4v) is 1.22. The Hall–Kier alpha value is -0.830. The van der Waals surface area contributed by atoms with Crippen molar-refractivity contribution in [3.63, 3.8) is 0 Å². The number of hydrogen-bond donors (Lipinski definition) is 0. The second kappa shape index (κ2) is 5.02. The zero-order valence-corrected chi connectivity index (χ0v) is 9.00. The minimum absolute atomic E-state index is 0.640. The smallest absolute Gasteiger partial charge is 0.150 e. The first-order valence-electron chi connectivity index (χ1n) is 4.02. The van der Waals surface area contributed by atoms with Crippen LogP contribution in [0.1, 0.15) is 15.9 Å². The van der Waals surface area contributed by atoms with Gasteiger partial charge < -0.3 is 4.74 Å². The highest BCUT2D eigenvalue weighted by molar-refractivity contribution is 9.09. The number of rotatable bonds is 4. The average molecular weight is 243 g/mol. The van der Waals surface area contributed by atoms with Crippen molar-refractivity contribution < 1.29 is 9.53 Å². The number of carbonyl (C=O) groups excluding carboxylic acids is 1. The fraction of sp³-hybridized carbons (Fsp3) is 0.300. The maximum absolute atomic E-state index is 10.4. The van der Waals surface area contributed by atoms with Crippen LogP contribution in [0.15, 0.2) is 18.2 Å². The van der Waals surface area contributed by atoms with E-state index in [1.807, 2.05) is 19.1 Å². The molecule has 0 aliphatic rings. The van der Waals surface area contributed by atoms with E-state index >= 15 is 0 Å². The molecule has 13 heavy (non-hydrogen) atoms. The van der Waals surface area contributed by atoms with Crippen LogP contribution >= 0.6 is 15.9 Å². The van der Waals surface area contributed by atoms with E-state index in [2.05, 4.69) is 15.9 Å². The van der Waals surface area contributed by atoms with Gasteiger partial charge >= 0.3 is 0 Å². The van der Waals surface area contributed by atoms with Crippen molar-refractivity contribution in [1.29, 1.82) is 0 Å².